The van der Waals surface area contributed by atoms with Gasteiger partial charge in [0.15, 0.2) is 11.4 Å². The highest BCUT2D eigenvalue weighted by atomic mass is 35.5. The van der Waals surface area contributed by atoms with E-state index in [9.17, 15) is 28.6 Å². The van der Waals surface area contributed by atoms with Gasteiger partial charge >= 0.3 is 12.6 Å². The number of aliphatic imine (C=N–C) groups is 1. The summed E-state index contributed by atoms with van der Waals surface area (Å²) in [5.74, 6) is -0.250. The van der Waals surface area contributed by atoms with E-state index >= 15 is 0 Å². The minimum absolute atomic E-state index is 0.178. The maximum atomic E-state index is 14.8. The Bertz CT molecular complexity index is 1850. The smallest absolute Gasteiger partial charge is 0.411 e. The largest absolute Gasteiger partial charge is 0.465 e. The summed E-state index contributed by atoms with van der Waals surface area (Å²) in [6.45, 7) is 2.44. The Hall–Kier alpha value is -4.69. The number of nitrogens with zero attached hydrogens (tertiary/aromatic N) is 7. The van der Waals surface area contributed by atoms with Crippen LogP contribution in [-0.4, -0.2) is 64.2 Å². The van der Waals surface area contributed by atoms with Gasteiger partial charge in [-0.05, 0) is 53.5 Å². The molecule has 2 aromatic heterocycles. The van der Waals surface area contributed by atoms with Gasteiger partial charge in [0.2, 0.25) is 5.96 Å². The molecule has 0 bridgehead atoms. The molecule has 2 atom stereocenters. The summed E-state index contributed by atoms with van der Waals surface area (Å²) in [5.41, 5.74) is 0.461. The SMILES string of the molecule is CC(C)(C)C[C@]1(c2ccc(-c3cnn(C(F)F)c3)cc2)N=C(NC(=O)O)N([C@H](CO)c2ccc(Cl)c(-c3ncnn3C3CC3)c2)C1=O. The molecule has 1 aliphatic carbocycles. The van der Waals surface area contributed by atoms with Crippen molar-refractivity contribution in [3.8, 4) is 22.5 Å². The maximum absolute atomic E-state index is 14.8. The number of carbonyl (C=O) groups is 2. The van der Waals surface area contributed by atoms with Crippen molar-refractivity contribution < 1.29 is 28.6 Å². The molecule has 246 valence electrons. The fourth-order valence-electron chi connectivity index (χ4n) is 6.04. The number of aliphatic hydroxyl groups is 1. The number of amides is 2. The lowest BCUT2D eigenvalue weighted by Gasteiger charge is -2.34. The standard InChI is InChI=1S/C32H33ClF2N8O4/c1-31(2,3)16-32(21-7-4-18(5-8-21)20-13-37-41(14-20)28(34)35)27(45)42(29(40-32)39-30(46)47)25(15-44)19-6-11-24(33)23(12-19)26-36-17-38-43(26)22-9-10-22/h4-8,11-14,17,22,25,28,44H,9-10,15-16H2,1-3H3,(H,39,40)(H,46,47)/t25-,32-/m1/s1. The highest BCUT2D eigenvalue weighted by Gasteiger charge is 2.54. The molecule has 0 unspecified atom stereocenters. The summed E-state index contributed by atoms with van der Waals surface area (Å²) in [6.07, 6.45) is 4.66. The molecule has 0 radical (unpaired) electrons. The van der Waals surface area contributed by atoms with Crippen LogP contribution in [0.3, 0.4) is 0 Å². The molecule has 1 aliphatic heterocycles. The molecule has 1 saturated carbocycles. The Kier molecular flexibility index (Phi) is 8.34. The first-order chi connectivity index (χ1) is 22.3. The van der Waals surface area contributed by atoms with E-state index in [1.807, 2.05) is 20.8 Å². The third-order valence-electron chi connectivity index (χ3n) is 8.17. The molecule has 2 aromatic carbocycles. The van der Waals surface area contributed by atoms with Crippen molar-refractivity contribution in [2.24, 2.45) is 10.4 Å². The second-order valence-corrected chi connectivity index (χ2v) is 13.3. The molecule has 4 aromatic rings. The van der Waals surface area contributed by atoms with E-state index in [1.165, 1.54) is 23.6 Å². The van der Waals surface area contributed by atoms with Crippen molar-refractivity contribution >= 4 is 29.6 Å². The number of aliphatic hydroxyl groups excluding tert-OH is 1. The van der Waals surface area contributed by atoms with Crippen molar-refractivity contribution in [3.63, 3.8) is 0 Å². The van der Waals surface area contributed by atoms with Gasteiger partial charge in [-0.3, -0.25) is 15.0 Å². The summed E-state index contributed by atoms with van der Waals surface area (Å²) >= 11 is 6.61. The zero-order valence-electron chi connectivity index (χ0n) is 25.8. The van der Waals surface area contributed by atoms with E-state index in [0.717, 1.165) is 12.8 Å². The molecular formula is C32H33ClF2N8O4. The first-order valence-corrected chi connectivity index (χ1v) is 15.4. The quantitative estimate of drug-likeness (QED) is 0.198. The van der Waals surface area contributed by atoms with Gasteiger partial charge in [-0.2, -0.15) is 19.0 Å². The van der Waals surface area contributed by atoms with Crippen LogP contribution < -0.4 is 5.32 Å². The van der Waals surface area contributed by atoms with Crippen LogP contribution in [0.5, 0.6) is 0 Å². The van der Waals surface area contributed by atoms with E-state index in [0.29, 0.717) is 43.3 Å². The average molecular weight is 667 g/mol. The summed E-state index contributed by atoms with van der Waals surface area (Å²) in [6, 6.07) is 10.9. The van der Waals surface area contributed by atoms with Crippen LogP contribution in [0.4, 0.5) is 13.6 Å². The van der Waals surface area contributed by atoms with Crippen LogP contribution in [0.1, 0.15) is 69.8 Å². The van der Waals surface area contributed by atoms with Crippen molar-refractivity contribution in [1.82, 2.24) is 34.8 Å². The van der Waals surface area contributed by atoms with E-state index in [2.05, 4.69) is 20.5 Å². The Balaban J connectivity index is 1.43. The van der Waals surface area contributed by atoms with Crippen molar-refractivity contribution in [2.75, 3.05) is 6.61 Å². The first-order valence-electron chi connectivity index (χ1n) is 15.0. The predicted octanol–water partition coefficient (Wildman–Crippen LogP) is 6.02. The van der Waals surface area contributed by atoms with Gasteiger partial charge in [-0.25, -0.2) is 24.1 Å². The summed E-state index contributed by atoms with van der Waals surface area (Å²) in [4.78, 5) is 37.1. The fraction of sp³-hybridized carbons (Fsp3) is 0.375. The number of hydrogen-bond donors (Lipinski definition) is 3. The molecule has 0 spiro atoms. The summed E-state index contributed by atoms with van der Waals surface area (Å²) < 4.78 is 28.6. The number of guanidine groups is 1. The Morgan fingerprint density at radius 2 is 1.85 bits per heavy atom. The zero-order chi connectivity index (χ0) is 33.7. The number of nitrogens with one attached hydrogen (secondary N) is 1. The van der Waals surface area contributed by atoms with Crippen LogP contribution in [0.25, 0.3) is 22.5 Å². The third kappa shape index (κ3) is 6.22. The third-order valence-corrected chi connectivity index (χ3v) is 8.50. The Morgan fingerprint density at radius 1 is 1.13 bits per heavy atom. The minimum Gasteiger partial charge on any atom is -0.465 e. The van der Waals surface area contributed by atoms with Gasteiger partial charge in [-0.1, -0.05) is 62.7 Å². The van der Waals surface area contributed by atoms with Gasteiger partial charge in [0, 0.05) is 17.3 Å². The van der Waals surface area contributed by atoms with Gasteiger partial charge in [0.1, 0.15) is 6.33 Å². The van der Waals surface area contributed by atoms with E-state index in [1.54, 1.807) is 47.1 Å². The van der Waals surface area contributed by atoms with Crippen molar-refractivity contribution in [2.45, 2.75) is 64.2 Å². The second kappa shape index (κ2) is 12.2. The number of carboxylic acid groups (broad SMARTS) is 1. The van der Waals surface area contributed by atoms with Crippen LogP contribution in [0.15, 0.2) is 66.2 Å². The lowest BCUT2D eigenvalue weighted by molar-refractivity contribution is -0.135. The Morgan fingerprint density at radius 3 is 2.45 bits per heavy atom. The average Bonchev–Trinajstić information content (AvgIpc) is 3.41. The molecule has 1 fully saturated rings. The zero-order valence-corrected chi connectivity index (χ0v) is 26.6. The van der Waals surface area contributed by atoms with Crippen LogP contribution in [0, 0.1) is 5.41 Å². The van der Waals surface area contributed by atoms with Crippen LogP contribution in [0.2, 0.25) is 5.02 Å². The van der Waals surface area contributed by atoms with Gasteiger partial charge in [-0.15, -0.1) is 0 Å². The molecule has 47 heavy (non-hydrogen) atoms. The lowest BCUT2D eigenvalue weighted by Crippen LogP contribution is -2.49. The fourth-order valence-corrected chi connectivity index (χ4v) is 6.24. The van der Waals surface area contributed by atoms with Crippen molar-refractivity contribution in [3.05, 3.63) is 77.3 Å². The molecule has 15 heteroatoms. The lowest BCUT2D eigenvalue weighted by atomic mass is 9.75. The normalized spacial score (nSPS) is 18.9. The minimum atomic E-state index is -2.79. The second-order valence-electron chi connectivity index (χ2n) is 12.9. The number of benzene rings is 2. The van der Waals surface area contributed by atoms with Crippen LogP contribution in [-0.2, 0) is 10.3 Å². The monoisotopic (exact) mass is 666 g/mol. The first kappa shape index (κ1) is 32.3. The number of rotatable bonds is 9. The molecule has 3 N–H and O–H groups in total. The Labute approximate surface area is 273 Å². The van der Waals surface area contributed by atoms with Crippen LogP contribution >= 0.6 is 11.6 Å². The highest BCUT2D eigenvalue weighted by molar-refractivity contribution is 6.33. The predicted molar refractivity (Wildman–Crippen MR) is 169 cm³/mol. The highest BCUT2D eigenvalue weighted by Crippen LogP contribution is 2.46. The number of hydrogen-bond acceptors (Lipinski definition) is 7. The molecular weight excluding hydrogens is 634 g/mol. The summed E-state index contributed by atoms with van der Waals surface area (Å²) in [5, 5.41) is 31.3. The molecule has 12 nitrogen and oxygen atoms in total. The molecule has 3 heterocycles. The number of alkyl halides is 2. The van der Waals surface area contributed by atoms with Gasteiger partial charge < -0.3 is 10.2 Å². The number of carbonyl (C=O) groups excluding carboxylic acids is 1. The molecule has 6 rings (SSSR count). The number of aromatic nitrogens is 5. The van der Waals surface area contributed by atoms with Crippen molar-refractivity contribution in [1.29, 1.82) is 0 Å². The number of halogens is 3. The van der Waals surface area contributed by atoms with Gasteiger partial charge in [0.25, 0.3) is 5.91 Å². The maximum Gasteiger partial charge on any atom is 0.411 e. The summed E-state index contributed by atoms with van der Waals surface area (Å²) in [7, 11) is 0. The molecule has 2 amide bonds. The van der Waals surface area contributed by atoms with E-state index in [4.69, 9.17) is 16.6 Å². The molecule has 0 saturated heterocycles. The van der Waals surface area contributed by atoms with E-state index < -0.39 is 42.2 Å². The van der Waals surface area contributed by atoms with E-state index in [-0.39, 0.29) is 18.4 Å². The van der Waals surface area contributed by atoms with Gasteiger partial charge in [0.05, 0.1) is 29.9 Å². The topological polar surface area (TPSA) is 151 Å². The molecule has 2 aliphatic rings.